The third-order valence-electron chi connectivity index (χ3n) is 11.4. The summed E-state index contributed by atoms with van der Waals surface area (Å²) in [5, 5.41) is 30.5. The van der Waals surface area contributed by atoms with Crippen LogP contribution in [0, 0.1) is 23.7 Å². The predicted octanol–water partition coefficient (Wildman–Crippen LogP) is 3.41. The Morgan fingerprint density at radius 3 is 2.40 bits per heavy atom. The maximum Gasteiger partial charge on any atom is 0.316 e. The summed E-state index contributed by atoms with van der Waals surface area (Å²) in [6.07, 6.45) is -4.45. The Hall–Kier alpha value is -3.42. The molecule has 16 nitrogen and oxygen atoms in total. The molecule has 316 valence electrons. The zero-order valence-electron chi connectivity index (χ0n) is 34.3. The van der Waals surface area contributed by atoms with Gasteiger partial charge in [-0.15, -0.1) is 11.3 Å². The van der Waals surface area contributed by atoms with Crippen LogP contribution in [0.3, 0.4) is 0 Å². The number of carbonyl (C=O) groups is 3. The summed E-state index contributed by atoms with van der Waals surface area (Å²) >= 11 is 1.41. The first-order chi connectivity index (χ1) is 26.9. The van der Waals surface area contributed by atoms with Gasteiger partial charge in [0, 0.05) is 40.9 Å². The first-order valence-electron chi connectivity index (χ1n) is 19.7. The average Bonchev–Trinajstić information content (AvgIpc) is 3.61. The number of thiazole rings is 1. The summed E-state index contributed by atoms with van der Waals surface area (Å²) in [4.78, 5) is 58.6. The van der Waals surface area contributed by atoms with E-state index in [-0.39, 0.29) is 56.3 Å². The minimum Gasteiger partial charge on any atom is -0.459 e. The van der Waals surface area contributed by atoms with E-state index in [0.29, 0.717) is 17.9 Å². The molecular formula is C40H59N5O11S. The number of oxime groups is 1. The highest BCUT2D eigenvalue weighted by Crippen LogP contribution is 2.36. The van der Waals surface area contributed by atoms with Gasteiger partial charge in [-0.3, -0.25) is 19.4 Å². The largest absolute Gasteiger partial charge is 0.459 e. The SMILES string of the molecule is CC[C@H]1OC(=O)[C@H](C)C(=O)[C@H](C)[C@@H](O[C@@H]2O[C@H](C)C[C@H](N(C)C)[C@H]2O)[C@H]2C[C@@H](C)C(=O)[C@H](C)[C@H](OC/C(=N\OCc3ccc(-c4nc(N)cs4)cn3)CO2)[C@]1(C)O. The molecule has 5 rings (SSSR count). The standard InChI is InChI=1S/C40H59N5O11S/c1-10-30-40(7,50)36-23(5)32(46)20(2)13-29(51-16-27(17-52-36)44-53-18-26-12-11-25(15-42-26)37-43-31(41)19-57-37)35(22(4)33(47)24(6)38(49)55-30)56-39-34(48)28(45(8)9)14-21(3)54-39/h11-12,15,19-24,28-30,34-36,39,48,50H,10,13-14,16-18,41H2,1-9H3/b44-27-/t20-,21-,22+,23+,24-,28+,29-,30-,34-,35-,36+,39+,40-/m1/s1. The minimum absolute atomic E-state index is 0.00849. The van der Waals surface area contributed by atoms with Gasteiger partial charge < -0.3 is 49.4 Å². The smallest absolute Gasteiger partial charge is 0.316 e. The monoisotopic (exact) mass is 817 g/mol. The Bertz CT molecular complexity index is 1720. The molecule has 2 aromatic heterocycles. The molecule has 17 heteroatoms. The van der Waals surface area contributed by atoms with Crippen LogP contribution < -0.4 is 5.73 Å². The summed E-state index contributed by atoms with van der Waals surface area (Å²) in [5.41, 5.74) is 5.56. The molecule has 3 aliphatic heterocycles. The van der Waals surface area contributed by atoms with Gasteiger partial charge in [0.2, 0.25) is 0 Å². The number of rotatable bonds is 8. The molecule has 0 unspecified atom stereocenters. The number of carbonyl (C=O) groups excluding carboxylic acids is 3. The van der Waals surface area contributed by atoms with Crippen LogP contribution >= 0.6 is 11.3 Å². The number of nitrogen functional groups attached to an aromatic ring is 1. The Balaban J connectivity index is 1.53. The van der Waals surface area contributed by atoms with Gasteiger partial charge in [0.05, 0.1) is 43.3 Å². The quantitative estimate of drug-likeness (QED) is 0.198. The molecule has 2 aromatic rings. The van der Waals surface area contributed by atoms with E-state index in [1.807, 2.05) is 32.0 Å². The number of Topliss-reactive ketones (excluding diaryl/α,β-unsaturated/α-hetero) is 2. The third-order valence-corrected chi connectivity index (χ3v) is 12.3. The number of hydrogen-bond acceptors (Lipinski definition) is 17. The molecule has 3 saturated heterocycles. The summed E-state index contributed by atoms with van der Waals surface area (Å²) in [6, 6.07) is 3.33. The highest BCUT2D eigenvalue weighted by atomic mass is 32.1. The van der Waals surface area contributed by atoms with Gasteiger partial charge in [0.25, 0.3) is 0 Å². The van der Waals surface area contributed by atoms with Crippen molar-refractivity contribution in [1.82, 2.24) is 14.9 Å². The van der Waals surface area contributed by atoms with Crippen LogP contribution in [0.4, 0.5) is 5.82 Å². The lowest BCUT2D eigenvalue weighted by Crippen LogP contribution is -2.58. The van der Waals surface area contributed by atoms with Crippen LogP contribution in [-0.2, 0) is 49.5 Å². The van der Waals surface area contributed by atoms with E-state index in [9.17, 15) is 24.6 Å². The van der Waals surface area contributed by atoms with Crippen LogP contribution in [-0.4, -0.2) is 130 Å². The molecule has 57 heavy (non-hydrogen) atoms. The number of aliphatic hydroxyl groups is 2. The van der Waals surface area contributed by atoms with Crippen LogP contribution in [0.25, 0.3) is 10.6 Å². The molecule has 5 heterocycles. The van der Waals surface area contributed by atoms with Gasteiger partial charge in [-0.1, -0.05) is 32.9 Å². The molecule has 0 radical (unpaired) electrons. The van der Waals surface area contributed by atoms with Gasteiger partial charge in [-0.2, -0.15) is 0 Å². The zero-order valence-corrected chi connectivity index (χ0v) is 35.1. The van der Waals surface area contributed by atoms with E-state index in [4.69, 9.17) is 34.3 Å². The van der Waals surface area contributed by atoms with Crippen molar-refractivity contribution in [3.8, 4) is 10.6 Å². The van der Waals surface area contributed by atoms with Gasteiger partial charge in [-0.05, 0) is 66.3 Å². The number of hydrogen-bond donors (Lipinski definition) is 3. The predicted molar refractivity (Wildman–Crippen MR) is 211 cm³/mol. The van der Waals surface area contributed by atoms with E-state index < -0.39 is 77.8 Å². The average molecular weight is 818 g/mol. The number of nitrogens with zero attached hydrogens (tertiary/aromatic N) is 4. The van der Waals surface area contributed by atoms with E-state index in [0.717, 1.165) is 10.6 Å². The van der Waals surface area contributed by atoms with Crippen molar-refractivity contribution < 1.29 is 53.1 Å². The lowest BCUT2D eigenvalue weighted by Gasteiger charge is -2.44. The molecule has 0 aromatic carbocycles. The number of pyridine rings is 1. The normalized spacial score (nSPS) is 37.0. The van der Waals surface area contributed by atoms with Crippen LogP contribution in [0.2, 0.25) is 0 Å². The molecule has 4 N–H and O–H groups in total. The van der Waals surface area contributed by atoms with Crippen LogP contribution in [0.15, 0.2) is 28.9 Å². The number of likely N-dealkylation sites (N-methyl/N-ethyl adjacent to an activating group) is 1. The fraction of sp³-hybridized carbons (Fsp3) is 0.700. The highest BCUT2D eigenvalue weighted by molar-refractivity contribution is 7.13. The zero-order chi connectivity index (χ0) is 41.8. The van der Waals surface area contributed by atoms with Crippen molar-refractivity contribution in [2.24, 2.45) is 28.8 Å². The van der Waals surface area contributed by atoms with Crippen LogP contribution in [0.1, 0.15) is 73.4 Å². The summed E-state index contributed by atoms with van der Waals surface area (Å²) in [6.45, 7) is 11.2. The van der Waals surface area contributed by atoms with Crippen molar-refractivity contribution in [3.63, 3.8) is 0 Å². The van der Waals surface area contributed by atoms with Crippen molar-refractivity contribution in [1.29, 1.82) is 0 Å². The number of cyclic esters (lactones) is 1. The molecule has 0 spiro atoms. The van der Waals surface area contributed by atoms with E-state index in [1.165, 1.54) is 25.2 Å². The van der Waals surface area contributed by atoms with Gasteiger partial charge >= 0.3 is 5.97 Å². The fourth-order valence-electron chi connectivity index (χ4n) is 7.96. The minimum atomic E-state index is -1.87. The highest BCUT2D eigenvalue weighted by Gasteiger charge is 2.50. The Morgan fingerprint density at radius 1 is 1.05 bits per heavy atom. The number of ether oxygens (including phenoxy) is 5. The maximum atomic E-state index is 14.3. The second-order valence-corrected chi connectivity index (χ2v) is 17.0. The molecule has 2 bridgehead atoms. The second-order valence-electron chi connectivity index (χ2n) is 16.1. The third kappa shape index (κ3) is 10.4. The fourth-order valence-corrected chi connectivity index (χ4v) is 8.66. The lowest BCUT2D eigenvalue weighted by atomic mass is 9.77. The molecule has 0 amide bonds. The number of anilines is 1. The van der Waals surface area contributed by atoms with Crippen molar-refractivity contribution in [2.45, 2.75) is 129 Å². The summed E-state index contributed by atoms with van der Waals surface area (Å²) in [5.74, 6) is -4.95. The number of nitrogens with two attached hydrogens (primary N) is 1. The number of fused-ring (bicyclic) bond motifs is 5. The first kappa shape index (κ1) is 44.7. The van der Waals surface area contributed by atoms with Crippen molar-refractivity contribution in [2.75, 3.05) is 33.0 Å². The van der Waals surface area contributed by atoms with Crippen molar-refractivity contribution in [3.05, 3.63) is 29.4 Å². The molecule has 0 saturated carbocycles. The molecular weight excluding hydrogens is 759 g/mol. The van der Waals surface area contributed by atoms with Gasteiger partial charge in [0.15, 0.2) is 18.7 Å². The van der Waals surface area contributed by atoms with Gasteiger partial charge in [0.1, 0.15) is 46.0 Å². The topological polar surface area (TPSA) is 214 Å². The number of aromatic nitrogens is 2. The summed E-state index contributed by atoms with van der Waals surface area (Å²) in [7, 11) is 3.71. The number of ketones is 2. The maximum absolute atomic E-state index is 14.3. The Kier molecular flexibility index (Phi) is 15.0. The number of aliphatic hydroxyl groups excluding tert-OH is 1. The van der Waals surface area contributed by atoms with Crippen molar-refractivity contribution >= 4 is 40.4 Å². The van der Waals surface area contributed by atoms with E-state index >= 15 is 0 Å². The molecule has 0 aliphatic carbocycles. The second kappa shape index (κ2) is 19.1. The Morgan fingerprint density at radius 2 is 1.77 bits per heavy atom. The van der Waals surface area contributed by atoms with Gasteiger partial charge in [-0.25, -0.2) is 4.98 Å². The number of esters is 1. The Labute approximate surface area is 338 Å². The first-order valence-corrected chi connectivity index (χ1v) is 20.5. The molecule has 13 atom stereocenters. The molecule has 3 fully saturated rings. The van der Waals surface area contributed by atoms with Crippen LogP contribution in [0.5, 0.6) is 0 Å². The summed E-state index contributed by atoms with van der Waals surface area (Å²) < 4.78 is 31.6. The molecule has 3 aliphatic rings. The van der Waals surface area contributed by atoms with E-state index in [1.54, 1.807) is 45.3 Å². The van der Waals surface area contributed by atoms with E-state index in [2.05, 4.69) is 15.1 Å². The lowest BCUT2D eigenvalue weighted by molar-refractivity contribution is -0.284.